The zero-order chi connectivity index (χ0) is 80.8. The Labute approximate surface area is 655 Å². The number of nitrogens with one attached hydrogen (secondary N) is 5. The number of amides is 9. The molecule has 6 aliphatic rings. The van der Waals surface area contributed by atoms with E-state index in [1.54, 1.807) is 32.2 Å². The standard InChI is InChI=1S/C77H97N17O18S/c1-45(2)66(85-60(96)21-28-110-29-26-93-61(97)19-20-62(93)98)71(105)82-57(13-8-22-79-73(78)108)70(104)81-52-16-15-50(51(32-52)38-89(5)63(99)39-90(40-64(100)101)41-65(102)103)42-111-75(109)91(23-10-27-95)25-30-112-77-35-48-31-49(36-77)34-76(33-48,43-77)44-94-47(4)55(37-80-94)54-17-18-59(84-67(54)72(106)107)92-24-9-11-53-46(3)68(87-88-69(53)92)86-74-83-56-12-6-7-14-58(56)113-74/h6-7,12,14-20,32,37,45,48-49,57,66,95H,8-11,13,21-31,33-36,38-44H2,1-5H3,(H,81,104)(H,82,105)(H,85,96)(H,100,101)(H,102,103)(H,106,107)(H3,78,79,108)(H,83,86,87)/t48?,49?,57-,66-,76?,77?/m0/s1. The van der Waals surface area contributed by atoms with Gasteiger partial charge in [0.2, 0.25) is 23.6 Å². The highest BCUT2D eigenvalue weighted by Gasteiger charge is 2.59. The number of fused-ring (bicyclic) bond motifs is 2. The summed E-state index contributed by atoms with van der Waals surface area (Å²) in [6.45, 7) is 5.58. The summed E-state index contributed by atoms with van der Waals surface area (Å²) in [5.41, 5.74) is 9.94. The molecule has 604 valence electrons. The first-order chi connectivity index (χ1) is 54.1. The van der Waals surface area contributed by atoms with Crippen molar-refractivity contribution in [2.45, 2.75) is 142 Å². The number of nitrogens with two attached hydrogens (primary N) is 1. The second-order valence-corrected chi connectivity index (χ2v) is 31.1. The average molecular weight is 1580 g/mol. The number of ether oxygens (including phenoxy) is 3. The highest BCUT2D eigenvalue weighted by Crippen LogP contribution is 2.63. The minimum atomic E-state index is -1.37. The quantitative estimate of drug-likeness (QED) is 0.0164. The van der Waals surface area contributed by atoms with Crippen LogP contribution in [0.4, 0.5) is 37.9 Å². The minimum absolute atomic E-state index is 0.0203. The lowest BCUT2D eigenvalue weighted by molar-refractivity contribution is -0.197. The Hall–Kier alpha value is -11.1. The van der Waals surface area contributed by atoms with Crippen LogP contribution in [0.2, 0.25) is 0 Å². The number of benzene rings is 2. The summed E-state index contributed by atoms with van der Waals surface area (Å²) < 4.78 is 21.5. The number of imide groups is 1. The van der Waals surface area contributed by atoms with Crippen LogP contribution in [0.25, 0.3) is 21.3 Å². The number of carboxylic acid groups (broad SMARTS) is 3. The summed E-state index contributed by atoms with van der Waals surface area (Å²) >= 11 is 1.53. The van der Waals surface area contributed by atoms with E-state index >= 15 is 0 Å². The number of rotatable bonds is 40. The van der Waals surface area contributed by atoms with Crippen LogP contribution in [0, 0.1) is 37.0 Å². The molecule has 2 aromatic carbocycles. The lowest BCUT2D eigenvalue weighted by Crippen LogP contribution is -2.58. The van der Waals surface area contributed by atoms with Gasteiger partial charge in [0.25, 0.3) is 11.8 Å². The van der Waals surface area contributed by atoms with Crippen molar-refractivity contribution in [3.63, 3.8) is 0 Å². The van der Waals surface area contributed by atoms with Crippen LogP contribution in [0.5, 0.6) is 0 Å². The third kappa shape index (κ3) is 21.0. The van der Waals surface area contributed by atoms with E-state index in [9.17, 15) is 73.2 Å². The number of likely N-dealkylation sites (N-methyl/N-ethyl adjacent to an activating group) is 1. The van der Waals surface area contributed by atoms with Gasteiger partial charge in [-0.25, -0.2) is 24.4 Å². The molecule has 4 bridgehead atoms. The molecule has 4 aliphatic carbocycles. The fourth-order valence-electron chi connectivity index (χ4n) is 16.3. The number of carboxylic acids is 3. The van der Waals surface area contributed by atoms with Crippen LogP contribution in [0.15, 0.2) is 72.9 Å². The van der Waals surface area contributed by atoms with E-state index in [4.69, 9.17) is 35.0 Å². The Bertz CT molecular complexity index is 4520. The van der Waals surface area contributed by atoms with Gasteiger partial charge in [-0.1, -0.05) is 43.4 Å². The number of carbonyl (C=O) groups excluding carboxylic acids is 8. The topological polar surface area (TPSA) is 468 Å². The normalized spacial score (nSPS) is 18.6. The molecule has 4 atom stereocenters. The largest absolute Gasteiger partial charge is 0.480 e. The summed E-state index contributed by atoms with van der Waals surface area (Å²) in [7, 11) is 1.39. The van der Waals surface area contributed by atoms with E-state index in [2.05, 4.69) is 36.8 Å². The third-order valence-corrected chi connectivity index (χ3v) is 22.3. The van der Waals surface area contributed by atoms with Gasteiger partial charge in [-0.3, -0.25) is 52.8 Å². The van der Waals surface area contributed by atoms with Crippen molar-refractivity contribution in [1.29, 1.82) is 0 Å². The van der Waals surface area contributed by atoms with E-state index in [-0.39, 0.29) is 108 Å². The van der Waals surface area contributed by atoms with Gasteiger partial charge in [-0.05, 0) is 155 Å². The third-order valence-electron chi connectivity index (χ3n) is 21.3. The summed E-state index contributed by atoms with van der Waals surface area (Å²) in [5, 5.41) is 68.8. The Morgan fingerprint density at radius 2 is 1.57 bits per heavy atom. The number of aliphatic carboxylic acids is 2. The fourth-order valence-corrected chi connectivity index (χ4v) is 17.2. The number of carbonyl (C=O) groups is 11. The maximum absolute atomic E-state index is 14.4. The SMILES string of the molecule is Cc1c(Nc2nc3ccccc3s2)nnc2c1CCCN2c1ccc(-c2cnn(CC34CC5CC(C3)CC(OCCN(CCCO)C(=O)OCc3ccc(NC(=O)[C@H](CCCNC(N)=O)NC(=O)[C@@H](NC(=O)CCOCCN6C(=O)C=CC6=O)C(C)C)cc3CN(C)C(=O)CN(CC(=O)O)CC(=O)O)(C5)C4)c2C)c(C(=O)O)n1. The molecule has 11 N–H and O–H groups in total. The Balaban J connectivity index is 0.745. The van der Waals surface area contributed by atoms with Crippen molar-refractivity contribution < 1.29 is 87.4 Å². The molecule has 0 radical (unpaired) electrons. The number of aromatic carboxylic acids is 1. The molecule has 2 unspecified atom stereocenters. The highest BCUT2D eigenvalue weighted by molar-refractivity contribution is 7.22. The summed E-state index contributed by atoms with van der Waals surface area (Å²) in [6, 6.07) is 12.8. The Kier molecular flexibility index (Phi) is 27.2. The van der Waals surface area contributed by atoms with Crippen molar-refractivity contribution in [3.05, 3.63) is 107 Å². The van der Waals surface area contributed by atoms with E-state index < -0.39 is 109 Å². The average Bonchev–Trinajstić information content (AvgIpc) is 1.40. The maximum atomic E-state index is 14.4. The highest BCUT2D eigenvalue weighted by atomic mass is 32.1. The van der Waals surface area contributed by atoms with Crippen LogP contribution in [-0.2, 0) is 78.7 Å². The van der Waals surface area contributed by atoms with Gasteiger partial charge in [0, 0.05) is 105 Å². The minimum Gasteiger partial charge on any atom is -0.480 e. The first-order valence-electron chi connectivity index (χ1n) is 37.8. The van der Waals surface area contributed by atoms with Crippen LogP contribution >= 0.6 is 11.3 Å². The summed E-state index contributed by atoms with van der Waals surface area (Å²) in [6.07, 6.45) is 10.2. The molecular formula is C77H97N17O18S. The molecule has 6 heterocycles. The molecular weight excluding hydrogens is 1480 g/mol. The number of hydrogen-bond acceptors (Lipinski definition) is 24. The lowest BCUT2D eigenvalue weighted by atomic mass is 9.48. The molecule has 113 heavy (non-hydrogen) atoms. The number of nitrogens with zero attached hydrogens (tertiary/aromatic N) is 11. The molecule has 0 spiro atoms. The van der Waals surface area contributed by atoms with Crippen molar-refractivity contribution in [2.24, 2.45) is 28.9 Å². The summed E-state index contributed by atoms with van der Waals surface area (Å²) in [4.78, 5) is 158. The van der Waals surface area contributed by atoms with Gasteiger partial charge in [-0.15, -0.1) is 10.2 Å². The predicted molar refractivity (Wildman–Crippen MR) is 411 cm³/mol. The van der Waals surface area contributed by atoms with Gasteiger partial charge in [-0.2, -0.15) is 5.10 Å². The number of primary amides is 1. The van der Waals surface area contributed by atoms with Crippen LogP contribution in [0.3, 0.4) is 0 Å². The van der Waals surface area contributed by atoms with Gasteiger partial charge >= 0.3 is 30.0 Å². The van der Waals surface area contributed by atoms with Crippen LogP contribution in [-0.4, -0.2) is 239 Å². The van der Waals surface area contributed by atoms with E-state index in [1.807, 2.05) is 53.8 Å². The maximum Gasteiger partial charge on any atom is 0.410 e. The van der Waals surface area contributed by atoms with Gasteiger partial charge in [0.15, 0.2) is 22.5 Å². The number of aromatic nitrogens is 6. The number of aliphatic hydroxyl groups is 1. The first-order valence-corrected chi connectivity index (χ1v) is 38.6. The molecule has 4 saturated carbocycles. The smallest absolute Gasteiger partial charge is 0.410 e. The number of anilines is 5. The molecule has 4 aromatic heterocycles. The lowest BCUT2D eigenvalue weighted by Gasteiger charge is -2.61. The monoisotopic (exact) mass is 1580 g/mol. The second-order valence-electron chi connectivity index (χ2n) is 30.1. The molecule has 4 fully saturated rings. The van der Waals surface area contributed by atoms with E-state index in [0.717, 1.165) is 100 Å². The number of para-hydroxylation sites is 1. The molecule has 0 saturated heterocycles. The number of thiazole rings is 1. The molecule has 9 amide bonds. The second kappa shape index (κ2) is 37.0. The van der Waals surface area contributed by atoms with Crippen molar-refractivity contribution in [1.82, 2.24) is 65.5 Å². The van der Waals surface area contributed by atoms with E-state index in [0.29, 0.717) is 69.8 Å². The zero-order valence-electron chi connectivity index (χ0n) is 63.8. The van der Waals surface area contributed by atoms with Crippen molar-refractivity contribution >= 4 is 115 Å². The van der Waals surface area contributed by atoms with E-state index in [1.165, 1.54) is 40.3 Å². The Morgan fingerprint density at radius 3 is 2.27 bits per heavy atom. The Morgan fingerprint density at radius 1 is 0.823 bits per heavy atom. The van der Waals surface area contributed by atoms with Crippen molar-refractivity contribution in [2.75, 3.05) is 101 Å². The number of urea groups is 1. The van der Waals surface area contributed by atoms with Gasteiger partial charge < -0.3 is 81.7 Å². The van der Waals surface area contributed by atoms with Crippen LogP contribution in [0.1, 0.15) is 123 Å². The molecule has 36 heteroatoms. The number of pyridine rings is 1. The fraction of sp³-hybridized carbons (Fsp3) is 0.506. The van der Waals surface area contributed by atoms with Gasteiger partial charge in [0.05, 0.1) is 68.0 Å². The number of hydrogen-bond donors (Lipinski definition) is 10. The molecule has 6 aromatic rings. The predicted octanol–water partition coefficient (Wildman–Crippen LogP) is 5.64. The van der Waals surface area contributed by atoms with Gasteiger partial charge in [0.1, 0.15) is 24.5 Å². The van der Waals surface area contributed by atoms with Crippen LogP contribution < -0.4 is 37.2 Å². The molecule has 12 rings (SSSR count). The molecule has 35 nitrogen and oxygen atoms in total. The summed E-state index contributed by atoms with van der Waals surface area (Å²) in [5.74, 6) is -5.72. The van der Waals surface area contributed by atoms with Crippen molar-refractivity contribution in [3.8, 4) is 11.1 Å². The zero-order valence-corrected chi connectivity index (χ0v) is 64.6. The molecule has 2 aliphatic heterocycles. The number of aliphatic hydroxyl groups excluding tert-OH is 1. The first kappa shape index (κ1) is 82.9.